The molecule has 0 spiro atoms. The molecule has 0 aliphatic heterocycles. The summed E-state index contributed by atoms with van der Waals surface area (Å²) in [4.78, 5) is 27.4. The normalized spacial score (nSPS) is 10.6. The Morgan fingerprint density at radius 1 is 1.30 bits per heavy atom. The van der Waals surface area contributed by atoms with E-state index in [1.165, 1.54) is 18.9 Å². The maximum atomic E-state index is 12.1. The van der Waals surface area contributed by atoms with E-state index in [1.54, 1.807) is 12.1 Å². The van der Waals surface area contributed by atoms with E-state index in [4.69, 9.17) is 16.3 Å². The Morgan fingerprint density at radius 2 is 1.96 bits per heavy atom. The molecule has 1 rings (SSSR count). The van der Waals surface area contributed by atoms with Crippen molar-refractivity contribution in [1.29, 1.82) is 0 Å². The van der Waals surface area contributed by atoms with Crippen LogP contribution in [0.25, 0.3) is 0 Å². The number of amides is 2. The Bertz CT molecular complexity index is 576. The van der Waals surface area contributed by atoms with Gasteiger partial charge in [-0.15, -0.1) is 0 Å². The summed E-state index contributed by atoms with van der Waals surface area (Å²) in [7, 11) is 5.35. The number of nitrogens with one attached hydrogen (secondary N) is 1. The number of hydrogen-bond donors (Lipinski definition) is 1. The second kappa shape index (κ2) is 8.74. The van der Waals surface area contributed by atoms with Crippen molar-refractivity contribution in [3.63, 3.8) is 0 Å². The zero-order chi connectivity index (χ0) is 17.6. The second-order valence-corrected chi connectivity index (χ2v) is 5.94. The number of ether oxygens (including phenoxy) is 1. The molecule has 1 aromatic rings. The number of anilines is 1. The molecule has 23 heavy (non-hydrogen) atoms. The number of nitrogens with zero attached hydrogens (tertiary/aromatic N) is 2. The monoisotopic (exact) mass is 341 g/mol. The summed E-state index contributed by atoms with van der Waals surface area (Å²) in [6.07, 6.45) is 0. The number of methoxy groups -OCH3 is 1. The van der Waals surface area contributed by atoms with Crippen molar-refractivity contribution in [2.45, 2.75) is 13.8 Å². The summed E-state index contributed by atoms with van der Waals surface area (Å²) in [6.45, 7) is 4.43. The molecule has 6 nitrogen and oxygen atoms in total. The summed E-state index contributed by atoms with van der Waals surface area (Å²) in [5.74, 6) is -0.0126. The van der Waals surface area contributed by atoms with E-state index in [1.807, 2.05) is 25.9 Å². The number of likely N-dealkylation sites (N-methyl/N-ethyl adjacent to an activating group) is 1. The van der Waals surface area contributed by atoms with Gasteiger partial charge in [-0.25, -0.2) is 0 Å². The van der Waals surface area contributed by atoms with E-state index in [0.717, 1.165) is 12.1 Å². The maximum absolute atomic E-state index is 12.1. The number of rotatable bonds is 7. The quantitative estimate of drug-likeness (QED) is 0.819. The van der Waals surface area contributed by atoms with Crippen LogP contribution in [0.3, 0.4) is 0 Å². The van der Waals surface area contributed by atoms with Gasteiger partial charge in [0, 0.05) is 31.1 Å². The Kier molecular flexibility index (Phi) is 7.32. The largest absolute Gasteiger partial charge is 0.495 e. The molecule has 0 atom stereocenters. The lowest BCUT2D eigenvalue weighted by molar-refractivity contribution is -0.123. The van der Waals surface area contributed by atoms with Gasteiger partial charge in [0.05, 0.1) is 12.8 Å². The molecule has 0 saturated carbocycles. The van der Waals surface area contributed by atoms with E-state index in [0.29, 0.717) is 23.0 Å². The van der Waals surface area contributed by atoms with Crippen molar-refractivity contribution in [3.8, 4) is 5.75 Å². The summed E-state index contributed by atoms with van der Waals surface area (Å²) in [5.41, 5.74) is 1.34. The third kappa shape index (κ3) is 5.73. The van der Waals surface area contributed by atoms with E-state index in [2.05, 4.69) is 5.32 Å². The van der Waals surface area contributed by atoms with Crippen LogP contribution >= 0.6 is 11.6 Å². The minimum atomic E-state index is -0.243. The molecule has 0 heterocycles. The van der Waals surface area contributed by atoms with Crippen molar-refractivity contribution in [2.24, 2.45) is 0 Å². The number of hydrogen-bond acceptors (Lipinski definition) is 4. The zero-order valence-corrected chi connectivity index (χ0v) is 15.0. The summed E-state index contributed by atoms with van der Waals surface area (Å²) in [6, 6.07) is 3.39. The van der Waals surface area contributed by atoms with Gasteiger partial charge in [-0.2, -0.15) is 0 Å². The highest BCUT2D eigenvalue weighted by atomic mass is 35.5. The van der Waals surface area contributed by atoms with Gasteiger partial charge in [0.15, 0.2) is 0 Å². The first kappa shape index (κ1) is 19.3. The molecule has 0 aliphatic rings. The summed E-state index contributed by atoms with van der Waals surface area (Å²) >= 11 is 6.09. The predicted octanol–water partition coefficient (Wildman–Crippen LogP) is 1.69. The molecule has 0 radical (unpaired) electrons. The van der Waals surface area contributed by atoms with Crippen LogP contribution in [0.2, 0.25) is 5.02 Å². The molecule has 1 N–H and O–H groups in total. The molecule has 128 valence electrons. The lowest BCUT2D eigenvalue weighted by atomic mass is 10.2. The number of aryl methyl sites for hydroxylation is 1. The summed E-state index contributed by atoms with van der Waals surface area (Å²) in [5, 5.41) is 3.34. The topological polar surface area (TPSA) is 61.9 Å². The van der Waals surface area contributed by atoms with E-state index in [9.17, 15) is 9.59 Å². The molecule has 0 aliphatic carbocycles. The Labute approximate surface area is 142 Å². The van der Waals surface area contributed by atoms with Crippen LogP contribution in [0.15, 0.2) is 12.1 Å². The average molecular weight is 342 g/mol. The molecule has 0 fully saturated rings. The predicted molar refractivity (Wildman–Crippen MR) is 92.3 cm³/mol. The lowest BCUT2D eigenvalue weighted by Gasteiger charge is -2.24. The van der Waals surface area contributed by atoms with Crippen LogP contribution < -0.4 is 15.0 Å². The fourth-order valence-electron chi connectivity index (χ4n) is 2.01. The fraction of sp³-hybridized carbons (Fsp3) is 0.500. The molecular weight excluding hydrogens is 318 g/mol. The fourth-order valence-corrected chi connectivity index (χ4v) is 2.16. The highest BCUT2D eigenvalue weighted by molar-refractivity contribution is 6.31. The molecule has 7 heteroatoms. The van der Waals surface area contributed by atoms with Crippen LogP contribution in [0.5, 0.6) is 5.75 Å². The van der Waals surface area contributed by atoms with Crippen molar-refractivity contribution in [2.75, 3.05) is 45.7 Å². The lowest BCUT2D eigenvalue weighted by Crippen LogP contribution is -2.41. The van der Waals surface area contributed by atoms with Crippen molar-refractivity contribution in [1.82, 2.24) is 10.2 Å². The molecule has 2 amide bonds. The minimum absolute atomic E-state index is 0.0693. The number of carbonyl (C=O) groups excluding carboxylic acids is 2. The number of halogens is 1. The zero-order valence-electron chi connectivity index (χ0n) is 14.3. The van der Waals surface area contributed by atoms with Crippen LogP contribution in [-0.4, -0.2) is 57.6 Å². The van der Waals surface area contributed by atoms with Gasteiger partial charge >= 0.3 is 0 Å². The maximum Gasteiger partial charge on any atom is 0.240 e. The smallest absolute Gasteiger partial charge is 0.240 e. The van der Waals surface area contributed by atoms with Crippen LogP contribution in [0.4, 0.5) is 5.69 Å². The molecule has 0 bridgehead atoms. The van der Waals surface area contributed by atoms with Gasteiger partial charge < -0.3 is 15.0 Å². The van der Waals surface area contributed by atoms with Gasteiger partial charge in [-0.3, -0.25) is 14.5 Å². The van der Waals surface area contributed by atoms with Gasteiger partial charge in [0.1, 0.15) is 12.3 Å². The van der Waals surface area contributed by atoms with Crippen molar-refractivity contribution < 1.29 is 14.3 Å². The second-order valence-electron chi connectivity index (χ2n) is 5.53. The first-order chi connectivity index (χ1) is 10.8. The van der Waals surface area contributed by atoms with Crippen molar-refractivity contribution >= 4 is 29.1 Å². The molecule has 0 unspecified atom stereocenters. The highest BCUT2D eigenvalue weighted by Crippen LogP contribution is 2.33. The van der Waals surface area contributed by atoms with Gasteiger partial charge in [0.2, 0.25) is 11.8 Å². The molecule has 0 aromatic heterocycles. The van der Waals surface area contributed by atoms with Crippen LogP contribution in [-0.2, 0) is 9.59 Å². The highest BCUT2D eigenvalue weighted by Gasteiger charge is 2.20. The van der Waals surface area contributed by atoms with Gasteiger partial charge in [-0.1, -0.05) is 11.6 Å². The first-order valence-electron chi connectivity index (χ1n) is 7.30. The van der Waals surface area contributed by atoms with E-state index >= 15 is 0 Å². The number of benzene rings is 1. The molecule has 0 saturated heterocycles. The Morgan fingerprint density at radius 3 is 2.48 bits per heavy atom. The standard InChI is InChI=1S/C16H24ClN3O3/c1-11-8-14(15(23-5)9-13(11)17)20(12(2)21)10-16(22)18-6-7-19(3)4/h8-9H,6-7,10H2,1-5H3,(H,18,22). The Balaban J connectivity index is 2.93. The van der Waals surface area contributed by atoms with Gasteiger partial charge in [0.25, 0.3) is 0 Å². The van der Waals surface area contributed by atoms with Crippen LogP contribution in [0, 0.1) is 6.92 Å². The van der Waals surface area contributed by atoms with Crippen molar-refractivity contribution in [3.05, 3.63) is 22.7 Å². The molecule has 1 aromatic carbocycles. The Hall–Kier alpha value is -1.79. The SMILES string of the molecule is COc1cc(Cl)c(C)cc1N(CC(=O)NCCN(C)C)C(C)=O. The third-order valence-electron chi connectivity index (χ3n) is 3.31. The van der Waals surface area contributed by atoms with E-state index < -0.39 is 0 Å². The van der Waals surface area contributed by atoms with E-state index in [-0.39, 0.29) is 18.4 Å². The van der Waals surface area contributed by atoms with Gasteiger partial charge in [-0.05, 0) is 32.6 Å². The number of carbonyl (C=O) groups is 2. The third-order valence-corrected chi connectivity index (χ3v) is 3.72. The van der Waals surface area contributed by atoms with Crippen LogP contribution in [0.1, 0.15) is 12.5 Å². The minimum Gasteiger partial charge on any atom is -0.495 e. The summed E-state index contributed by atoms with van der Waals surface area (Å²) < 4.78 is 5.29. The first-order valence-corrected chi connectivity index (χ1v) is 7.67. The average Bonchev–Trinajstić information content (AvgIpc) is 2.46. The molecular formula is C16H24ClN3O3.